The molecule has 0 bridgehead atoms. The first-order valence-electron chi connectivity index (χ1n) is 12.1. The second-order valence-electron chi connectivity index (χ2n) is 10.3. The minimum atomic E-state index is -2.79. The quantitative estimate of drug-likeness (QED) is 0.614. The Morgan fingerprint density at radius 1 is 1.00 bits per heavy atom. The van der Waals surface area contributed by atoms with Gasteiger partial charge in [0, 0.05) is 44.1 Å². The van der Waals surface area contributed by atoms with Crippen molar-refractivity contribution >= 4 is 11.8 Å². The predicted molar refractivity (Wildman–Crippen MR) is 111 cm³/mol. The van der Waals surface area contributed by atoms with Crippen LogP contribution >= 0.6 is 0 Å². The number of alkyl halides is 2. The number of halogens is 2. The molecule has 4 aliphatic heterocycles. The molecule has 2 amide bonds. The number of carbonyl (C=O) groups excluding carboxylic acids is 2. The van der Waals surface area contributed by atoms with Gasteiger partial charge in [0.25, 0.3) is 5.92 Å². The monoisotopic (exact) mass is 439 g/mol. The zero-order valence-electron chi connectivity index (χ0n) is 18.3. The molecule has 1 aliphatic carbocycles. The van der Waals surface area contributed by atoms with Gasteiger partial charge in [-0.1, -0.05) is 26.2 Å². The van der Waals surface area contributed by atoms with Crippen LogP contribution in [0.3, 0.4) is 0 Å². The molecule has 7 unspecified atom stereocenters. The normalized spacial score (nSPS) is 41.8. The summed E-state index contributed by atoms with van der Waals surface area (Å²) in [6, 6.07) is -0.151. The van der Waals surface area contributed by atoms with Crippen LogP contribution in [-0.2, 0) is 9.59 Å². The van der Waals surface area contributed by atoms with Crippen LogP contribution in [0, 0.1) is 17.8 Å². The summed E-state index contributed by atoms with van der Waals surface area (Å²) in [5, 5.41) is 3.62. The number of nitrogens with zero attached hydrogens (tertiary/aromatic N) is 2. The average Bonchev–Trinajstić information content (AvgIpc) is 3.47. The largest absolute Gasteiger partial charge is 0.341 e. The van der Waals surface area contributed by atoms with Crippen molar-refractivity contribution in [3.05, 3.63) is 0 Å². The van der Waals surface area contributed by atoms with Crippen molar-refractivity contribution in [2.24, 2.45) is 17.8 Å². The maximum atomic E-state index is 13.6. The third kappa shape index (κ3) is 3.97. The Kier molecular flexibility index (Phi) is 5.71. The highest BCUT2D eigenvalue weighted by molar-refractivity contribution is 5.84. The smallest absolute Gasteiger partial charge is 0.267 e. The van der Waals surface area contributed by atoms with Crippen LogP contribution in [0.4, 0.5) is 8.78 Å². The Morgan fingerprint density at radius 3 is 2.58 bits per heavy atom. The average molecular weight is 440 g/mol. The SMILES string of the molecule is CCC1CCCC2NC(C(=O)N3CCC4NNC(C(=O)N5CCC(F)(F)C5)C4C3)CC12. The van der Waals surface area contributed by atoms with Crippen LogP contribution in [0.15, 0.2) is 0 Å². The first-order valence-corrected chi connectivity index (χ1v) is 12.1. The second-order valence-corrected chi connectivity index (χ2v) is 10.3. The molecule has 0 spiro atoms. The van der Waals surface area contributed by atoms with Crippen molar-refractivity contribution in [3.63, 3.8) is 0 Å². The number of hydrogen-bond acceptors (Lipinski definition) is 5. The predicted octanol–water partition coefficient (Wildman–Crippen LogP) is 1.10. The van der Waals surface area contributed by atoms with Crippen molar-refractivity contribution in [2.45, 2.75) is 82.0 Å². The summed E-state index contributed by atoms with van der Waals surface area (Å²) in [7, 11) is 0. The zero-order chi connectivity index (χ0) is 21.8. The molecular weight excluding hydrogens is 404 g/mol. The molecule has 31 heavy (non-hydrogen) atoms. The molecule has 5 fully saturated rings. The molecule has 4 saturated heterocycles. The number of hydrazine groups is 1. The van der Waals surface area contributed by atoms with Crippen LogP contribution < -0.4 is 16.2 Å². The summed E-state index contributed by atoms with van der Waals surface area (Å²) in [5.41, 5.74) is 6.22. The standard InChI is InChI=1S/C22H35F2N5O2/c1-2-13-4-3-5-16-14(13)10-18(25-16)20(30)28-8-6-17-15(11-28)19(27-26-17)21(31)29-9-7-22(23,24)12-29/h13-19,25-27H,2-12H2,1H3. The Labute approximate surface area is 182 Å². The van der Waals surface area contributed by atoms with Gasteiger partial charge < -0.3 is 15.1 Å². The highest BCUT2D eigenvalue weighted by Crippen LogP contribution is 2.40. The Morgan fingerprint density at radius 2 is 1.84 bits per heavy atom. The van der Waals surface area contributed by atoms with Crippen LogP contribution in [0.1, 0.15) is 51.9 Å². The van der Waals surface area contributed by atoms with E-state index in [4.69, 9.17) is 0 Å². The molecule has 3 N–H and O–H groups in total. The lowest BCUT2D eigenvalue weighted by molar-refractivity contribution is -0.138. The van der Waals surface area contributed by atoms with Crippen molar-refractivity contribution in [1.82, 2.24) is 26.0 Å². The molecule has 0 aromatic heterocycles. The van der Waals surface area contributed by atoms with E-state index >= 15 is 0 Å². The minimum Gasteiger partial charge on any atom is -0.341 e. The maximum Gasteiger partial charge on any atom is 0.267 e. The van der Waals surface area contributed by atoms with Crippen molar-refractivity contribution in [1.29, 1.82) is 0 Å². The van der Waals surface area contributed by atoms with Crippen LogP contribution in [0.5, 0.6) is 0 Å². The lowest BCUT2D eigenvalue weighted by Crippen LogP contribution is -2.55. The summed E-state index contributed by atoms with van der Waals surface area (Å²) < 4.78 is 27.2. The summed E-state index contributed by atoms with van der Waals surface area (Å²) >= 11 is 0. The van der Waals surface area contributed by atoms with Crippen LogP contribution in [0.2, 0.25) is 0 Å². The fraction of sp³-hybridized carbons (Fsp3) is 0.909. The molecule has 7 nitrogen and oxygen atoms in total. The molecule has 5 aliphatic rings. The minimum absolute atomic E-state index is 0.0877. The van der Waals surface area contributed by atoms with E-state index in [-0.39, 0.29) is 42.8 Å². The van der Waals surface area contributed by atoms with E-state index in [1.807, 2.05) is 4.90 Å². The first-order chi connectivity index (χ1) is 14.9. The molecule has 5 rings (SSSR count). The molecule has 0 radical (unpaired) electrons. The molecule has 1 saturated carbocycles. The van der Waals surface area contributed by atoms with Gasteiger partial charge in [-0.25, -0.2) is 14.2 Å². The number of rotatable bonds is 3. The van der Waals surface area contributed by atoms with Gasteiger partial charge in [-0.2, -0.15) is 0 Å². The van der Waals surface area contributed by atoms with E-state index in [1.54, 1.807) is 0 Å². The van der Waals surface area contributed by atoms with Crippen molar-refractivity contribution in [2.75, 3.05) is 26.2 Å². The maximum absolute atomic E-state index is 13.6. The van der Waals surface area contributed by atoms with Gasteiger partial charge in [-0.05, 0) is 31.1 Å². The van der Waals surface area contributed by atoms with Gasteiger partial charge in [0.2, 0.25) is 11.8 Å². The van der Waals surface area contributed by atoms with Crippen LogP contribution in [-0.4, -0.2) is 77.9 Å². The molecule has 7 atom stereocenters. The number of fused-ring (bicyclic) bond motifs is 2. The molecule has 4 heterocycles. The number of piperidine rings is 1. The highest BCUT2D eigenvalue weighted by atomic mass is 19.3. The third-order valence-corrected chi connectivity index (χ3v) is 8.53. The van der Waals surface area contributed by atoms with Gasteiger partial charge in [0.15, 0.2) is 0 Å². The second kappa shape index (κ2) is 8.23. The van der Waals surface area contributed by atoms with E-state index < -0.39 is 18.5 Å². The first kappa shape index (κ1) is 21.5. The van der Waals surface area contributed by atoms with E-state index in [9.17, 15) is 18.4 Å². The van der Waals surface area contributed by atoms with Gasteiger partial charge in [-0.3, -0.25) is 15.0 Å². The number of carbonyl (C=O) groups is 2. The lowest BCUT2D eigenvalue weighted by Gasteiger charge is -2.37. The summed E-state index contributed by atoms with van der Waals surface area (Å²) in [6.45, 7) is 3.01. The van der Waals surface area contributed by atoms with Gasteiger partial charge in [-0.15, -0.1) is 0 Å². The fourth-order valence-corrected chi connectivity index (χ4v) is 6.79. The number of nitrogens with one attached hydrogen (secondary N) is 3. The fourth-order valence-electron chi connectivity index (χ4n) is 6.79. The molecule has 9 heteroatoms. The van der Waals surface area contributed by atoms with E-state index in [0.717, 1.165) is 19.3 Å². The molecule has 0 aromatic carbocycles. The van der Waals surface area contributed by atoms with Crippen molar-refractivity contribution < 1.29 is 18.4 Å². The molecule has 174 valence electrons. The third-order valence-electron chi connectivity index (χ3n) is 8.53. The Balaban J connectivity index is 1.22. The Bertz CT molecular complexity index is 722. The van der Waals surface area contributed by atoms with Gasteiger partial charge in [0.1, 0.15) is 6.04 Å². The highest BCUT2D eigenvalue weighted by Gasteiger charge is 2.50. The Hall–Kier alpha value is -1.32. The zero-order valence-corrected chi connectivity index (χ0v) is 18.3. The van der Waals surface area contributed by atoms with E-state index in [1.165, 1.54) is 24.2 Å². The summed E-state index contributed by atoms with van der Waals surface area (Å²) in [4.78, 5) is 29.5. The summed E-state index contributed by atoms with van der Waals surface area (Å²) in [6.07, 6.45) is 6.23. The van der Waals surface area contributed by atoms with Crippen molar-refractivity contribution in [3.8, 4) is 0 Å². The van der Waals surface area contributed by atoms with E-state index in [2.05, 4.69) is 23.1 Å². The van der Waals surface area contributed by atoms with Gasteiger partial charge >= 0.3 is 0 Å². The van der Waals surface area contributed by atoms with E-state index in [0.29, 0.717) is 31.0 Å². The number of amides is 2. The molecular formula is C22H35F2N5O2. The number of likely N-dealkylation sites (tertiary alicyclic amines) is 2. The van der Waals surface area contributed by atoms with Gasteiger partial charge in [0.05, 0.1) is 12.6 Å². The number of hydrogen-bond donors (Lipinski definition) is 3. The topological polar surface area (TPSA) is 76.7 Å². The molecule has 0 aromatic rings. The summed E-state index contributed by atoms with van der Waals surface area (Å²) in [5.74, 6) is -1.72. The lowest BCUT2D eigenvalue weighted by atomic mass is 9.75. The van der Waals surface area contributed by atoms with Crippen LogP contribution in [0.25, 0.3) is 0 Å².